The summed E-state index contributed by atoms with van der Waals surface area (Å²) >= 11 is 2.19. The number of allylic oxidation sites excluding steroid dienone is 1. The molecule has 15 heteroatoms. The van der Waals surface area contributed by atoms with E-state index in [2.05, 4.69) is 50.5 Å². The number of hydrogen-bond acceptors (Lipinski definition) is 12. The standard InChI is InChI=1S/C33H34F3N7OS2.H2O2/c1-4-21(2)33-41-30(22-16-23(34)18-25(17-22)42-46-31-26(35)6-5-7-27(31)36)32(45-33)28(37-3)10-11-38-20-40-24-8-9-29(39-19-24)43-12-14-44-15-13-43;1-2/h5-11,16-19,21,40,42H,3-4,12-15,20H2,1-2H3;1-2H/b28-10-,38-11-;. The Kier molecular flexibility index (Phi) is 13.9. The molecule has 2 aromatic heterocycles. The number of anilines is 3. The third kappa shape index (κ3) is 9.64. The summed E-state index contributed by atoms with van der Waals surface area (Å²) in [6.07, 6.45) is 6.02. The highest BCUT2D eigenvalue weighted by Crippen LogP contribution is 2.39. The maximum absolute atomic E-state index is 14.9. The number of nitrogens with zero attached hydrogens (tertiary/aromatic N) is 5. The van der Waals surface area contributed by atoms with Crippen molar-refractivity contribution in [1.82, 2.24) is 9.97 Å². The van der Waals surface area contributed by atoms with Crippen molar-refractivity contribution < 1.29 is 28.4 Å². The minimum atomic E-state index is -0.712. The molecule has 10 nitrogen and oxygen atoms in total. The van der Waals surface area contributed by atoms with Crippen LogP contribution in [0.25, 0.3) is 17.0 Å². The molecule has 1 fully saturated rings. The molecule has 0 bridgehead atoms. The van der Waals surface area contributed by atoms with Gasteiger partial charge in [-0.3, -0.25) is 20.5 Å². The Morgan fingerprint density at radius 1 is 1.12 bits per heavy atom. The second-order valence-electron chi connectivity index (χ2n) is 10.4. The van der Waals surface area contributed by atoms with Gasteiger partial charge < -0.3 is 19.7 Å². The Labute approximate surface area is 285 Å². The number of nitrogens with one attached hydrogen (secondary N) is 2. The summed E-state index contributed by atoms with van der Waals surface area (Å²) in [5.41, 5.74) is 2.71. The van der Waals surface area contributed by atoms with Crippen molar-refractivity contribution in [2.45, 2.75) is 31.1 Å². The van der Waals surface area contributed by atoms with Crippen molar-refractivity contribution in [1.29, 1.82) is 0 Å². The topological polar surface area (TPSA) is 127 Å². The highest BCUT2D eigenvalue weighted by molar-refractivity contribution is 8.00. The number of ether oxygens (including phenoxy) is 1. The van der Waals surface area contributed by atoms with E-state index in [1.54, 1.807) is 24.6 Å². The van der Waals surface area contributed by atoms with Crippen LogP contribution in [0.15, 0.2) is 75.7 Å². The first-order chi connectivity index (χ1) is 23.4. The van der Waals surface area contributed by atoms with Crippen LogP contribution in [0.4, 0.5) is 30.4 Å². The fraction of sp³-hybridized carbons (Fsp3) is 0.273. The van der Waals surface area contributed by atoms with Gasteiger partial charge in [-0.05, 0) is 73.6 Å². The van der Waals surface area contributed by atoms with E-state index in [0.29, 0.717) is 47.4 Å². The predicted octanol–water partition coefficient (Wildman–Crippen LogP) is 8.29. The molecular weight excluding hydrogens is 664 g/mol. The zero-order valence-electron chi connectivity index (χ0n) is 26.4. The van der Waals surface area contributed by atoms with Gasteiger partial charge in [0.1, 0.15) is 29.9 Å². The summed E-state index contributed by atoms with van der Waals surface area (Å²) in [5, 5.41) is 16.1. The quantitative estimate of drug-likeness (QED) is 0.0472. The van der Waals surface area contributed by atoms with E-state index >= 15 is 0 Å². The van der Waals surface area contributed by atoms with Gasteiger partial charge in [0.2, 0.25) is 0 Å². The molecule has 1 atom stereocenters. The van der Waals surface area contributed by atoms with Gasteiger partial charge in [-0.1, -0.05) is 19.9 Å². The summed E-state index contributed by atoms with van der Waals surface area (Å²) in [6.45, 7) is 11.3. The lowest BCUT2D eigenvalue weighted by atomic mass is 10.1. The fourth-order valence-corrected chi connectivity index (χ4v) is 6.43. The smallest absolute Gasteiger partial charge is 0.141 e. The molecule has 1 unspecified atom stereocenters. The van der Waals surface area contributed by atoms with Crippen LogP contribution in [-0.4, -0.2) is 66.4 Å². The molecule has 0 radical (unpaired) electrons. The van der Waals surface area contributed by atoms with Crippen LogP contribution < -0.4 is 14.9 Å². The average Bonchev–Trinajstić information content (AvgIpc) is 3.56. The number of aromatic nitrogens is 2. The minimum absolute atomic E-state index is 0.162. The summed E-state index contributed by atoms with van der Waals surface area (Å²) in [7, 11) is 0. The van der Waals surface area contributed by atoms with Gasteiger partial charge in [-0.15, -0.1) is 11.3 Å². The van der Waals surface area contributed by atoms with Crippen LogP contribution in [0.2, 0.25) is 0 Å². The first-order valence-corrected chi connectivity index (χ1v) is 16.6. The number of pyridine rings is 1. The molecule has 0 amide bonds. The van der Waals surface area contributed by atoms with Crippen molar-refractivity contribution in [2.24, 2.45) is 9.98 Å². The molecule has 48 heavy (non-hydrogen) atoms. The number of aliphatic imine (C=N–C) groups is 2. The van der Waals surface area contributed by atoms with Crippen LogP contribution in [0.3, 0.4) is 0 Å². The van der Waals surface area contributed by atoms with Gasteiger partial charge in [0.15, 0.2) is 0 Å². The maximum atomic E-state index is 14.9. The zero-order valence-corrected chi connectivity index (χ0v) is 28.0. The second-order valence-corrected chi connectivity index (χ2v) is 12.3. The van der Waals surface area contributed by atoms with Crippen LogP contribution in [0.1, 0.15) is 36.1 Å². The molecule has 1 aliphatic heterocycles. The van der Waals surface area contributed by atoms with E-state index in [9.17, 15) is 13.2 Å². The lowest BCUT2D eigenvalue weighted by Gasteiger charge is -2.27. The highest BCUT2D eigenvalue weighted by atomic mass is 32.2. The molecule has 0 aliphatic carbocycles. The molecule has 1 aliphatic rings. The van der Waals surface area contributed by atoms with Crippen LogP contribution in [0, 0.1) is 17.5 Å². The van der Waals surface area contributed by atoms with Crippen LogP contribution in [0.5, 0.6) is 0 Å². The summed E-state index contributed by atoms with van der Waals surface area (Å²) < 4.78 is 51.5. The van der Waals surface area contributed by atoms with E-state index in [4.69, 9.17) is 20.2 Å². The Morgan fingerprint density at radius 2 is 1.88 bits per heavy atom. The van der Waals surface area contributed by atoms with E-state index in [0.717, 1.165) is 48.0 Å². The lowest BCUT2D eigenvalue weighted by Crippen LogP contribution is -2.36. The van der Waals surface area contributed by atoms with Crippen molar-refractivity contribution in [3.8, 4) is 11.3 Å². The second kappa shape index (κ2) is 18.3. The number of halogens is 3. The first-order valence-electron chi connectivity index (χ1n) is 14.9. The van der Waals surface area contributed by atoms with Gasteiger partial charge in [0, 0.05) is 36.5 Å². The summed E-state index contributed by atoms with van der Waals surface area (Å²) in [4.78, 5) is 20.8. The number of morpholine rings is 1. The molecule has 4 N–H and O–H groups in total. The largest absolute Gasteiger partial charge is 0.378 e. The van der Waals surface area contributed by atoms with E-state index in [1.165, 1.54) is 41.7 Å². The molecule has 0 saturated carbocycles. The van der Waals surface area contributed by atoms with E-state index < -0.39 is 17.5 Å². The zero-order chi connectivity index (χ0) is 34.5. The normalized spacial score (nSPS) is 14.0. The summed E-state index contributed by atoms with van der Waals surface area (Å²) in [6, 6.07) is 11.9. The monoisotopic (exact) mass is 699 g/mol. The fourth-order valence-electron chi connectivity index (χ4n) is 4.55. The SMILES string of the molecule is C=N/C(=C\C=N/CNc1ccc(N2CCOCC2)nc1)c1sc(C(C)CC)nc1-c1cc(F)cc(NSc2c(F)cccc2F)c1.OO. The van der Waals surface area contributed by atoms with Gasteiger partial charge in [0.05, 0.1) is 51.3 Å². The molecule has 5 rings (SSSR count). The van der Waals surface area contributed by atoms with Gasteiger partial charge in [-0.2, -0.15) is 0 Å². The molecule has 0 spiro atoms. The third-order valence-corrected chi connectivity index (χ3v) is 9.48. The molecule has 254 valence electrons. The molecule has 2 aromatic carbocycles. The van der Waals surface area contributed by atoms with Gasteiger partial charge in [0.25, 0.3) is 0 Å². The van der Waals surface area contributed by atoms with E-state index in [-0.39, 0.29) is 10.8 Å². The van der Waals surface area contributed by atoms with Gasteiger partial charge in [-0.25, -0.2) is 23.1 Å². The van der Waals surface area contributed by atoms with Crippen molar-refractivity contribution in [3.63, 3.8) is 0 Å². The third-order valence-electron chi connectivity index (χ3n) is 7.24. The maximum Gasteiger partial charge on any atom is 0.141 e. The molecular formula is C33H36F3N7O3S2. The highest BCUT2D eigenvalue weighted by Gasteiger charge is 2.20. The molecule has 1 saturated heterocycles. The number of benzene rings is 2. The first kappa shape index (κ1) is 36.6. The Morgan fingerprint density at radius 3 is 2.54 bits per heavy atom. The Bertz CT molecular complexity index is 1700. The van der Waals surface area contributed by atoms with Crippen LogP contribution >= 0.6 is 23.3 Å². The van der Waals surface area contributed by atoms with Crippen molar-refractivity contribution in [2.75, 3.05) is 47.9 Å². The van der Waals surface area contributed by atoms with Gasteiger partial charge >= 0.3 is 0 Å². The van der Waals surface area contributed by atoms with E-state index in [1.807, 2.05) is 12.1 Å². The predicted molar refractivity (Wildman–Crippen MR) is 189 cm³/mol. The minimum Gasteiger partial charge on any atom is -0.378 e. The molecule has 4 aromatic rings. The Hall–Kier alpha value is -4.28. The Balaban J connectivity index is 0.00000255. The lowest BCUT2D eigenvalue weighted by molar-refractivity contribution is -0.176. The molecule has 3 heterocycles. The number of rotatable bonds is 13. The van der Waals surface area contributed by atoms with Crippen molar-refractivity contribution >= 4 is 59.1 Å². The number of thiazole rings is 1. The average molecular weight is 700 g/mol. The number of hydrogen-bond donors (Lipinski definition) is 4. The van der Waals surface area contributed by atoms with Crippen LogP contribution in [-0.2, 0) is 4.74 Å². The van der Waals surface area contributed by atoms with Crippen molar-refractivity contribution in [3.05, 3.63) is 88.1 Å². The summed E-state index contributed by atoms with van der Waals surface area (Å²) in [5.74, 6) is -0.878.